The summed E-state index contributed by atoms with van der Waals surface area (Å²) in [5, 5.41) is 0.275. The van der Waals surface area contributed by atoms with Crippen molar-refractivity contribution in [2.24, 2.45) is 0 Å². The van der Waals surface area contributed by atoms with Gasteiger partial charge in [0.15, 0.2) is 0 Å². The van der Waals surface area contributed by atoms with Crippen LogP contribution in [0.3, 0.4) is 0 Å². The van der Waals surface area contributed by atoms with Gasteiger partial charge in [0.25, 0.3) is 5.24 Å². The van der Waals surface area contributed by atoms with E-state index in [0.29, 0.717) is 11.3 Å². The Balaban J connectivity index is 2.28. The van der Waals surface area contributed by atoms with Crippen LogP contribution in [0.5, 0.6) is 5.75 Å². The van der Waals surface area contributed by atoms with Crippen LogP contribution < -0.4 is 4.74 Å². The number of ether oxygens (including phenoxy) is 1. The highest BCUT2D eigenvalue weighted by molar-refractivity contribution is 6.68. The summed E-state index contributed by atoms with van der Waals surface area (Å²) in [6.45, 7) is 5.92. The van der Waals surface area contributed by atoms with Gasteiger partial charge in [-0.2, -0.15) is 0 Å². The number of aromatic nitrogens is 1. The third-order valence-electron chi connectivity index (χ3n) is 3.78. The number of rotatable bonds is 4. The first kappa shape index (κ1) is 16.5. The Hall–Kier alpha value is -2.39. The van der Waals surface area contributed by atoms with Gasteiger partial charge in [-0.25, -0.2) is 4.98 Å². The molecule has 0 atom stereocenters. The molecule has 0 aliphatic rings. The summed E-state index contributed by atoms with van der Waals surface area (Å²) in [6.07, 6.45) is 0.0440. The van der Waals surface area contributed by atoms with Gasteiger partial charge in [-0.1, -0.05) is 30.3 Å². The smallest absolute Gasteiger partial charge is 0.253 e. The lowest BCUT2D eigenvalue weighted by molar-refractivity contribution is 0.108. The van der Waals surface area contributed by atoms with Gasteiger partial charge < -0.3 is 4.74 Å². The zero-order chi connectivity index (χ0) is 17.3. The Kier molecular flexibility index (Phi) is 4.54. The molecule has 0 aliphatic heterocycles. The molecule has 0 aliphatic carbocycles. The maximum atomic E-state index is 11.9. The summed E-state index contributed by atoms with van der Waals surface area (Å²) in [6, 6.07) is 15.2. The molecule has 3 aromatic rings. The van der Waals surface area contributed by atoms with E-state index in [9.17, 15) is 4.79 Å². The van der Waals surface area contributed by atoms with Crippen molar-refractivity contribution in [1.82, 2.24) is 4.98 Å². The van der Waals surface area contributed by atoms with Gasteiger partial charge in [-0.3, -0.25) is 4.79 Å². The molecule has 4 heteroatoms. The third kappa shape index (κ3) is 3.13. The van der Waals surface area contributed by atoms with E-state index >= 15 is 0 Å². The summed E-state index contributed by atoms with van der Waals surface area (Å²) in [7, 11) is 0. The molecule has 0 amide bonds. The number of benzene rings is 2. The van der Waals surface area contributed by atoms with Gasteiger partial charge in [0, 0.05) is 16.5 Å². The molecule has 0 saturated carbocycles. The minimum atomic E-state index is -0.489. The predicted octanol–water partition coefficient (Wildman–Crippen LogP) is 5.38. The fourth-order valence-corrected chi connectivity index (χ4v) is 2.88. The molecular formula is C20H18ClNO2. The molecule has 122 valence electrons. The monoisotopic (exact) mass is 339 g/mol. The highest BCUT2D eigenvalue weighted by Crippen LogP contribution is 2.33. The highest BCUT2D eigenvalue weighted by atomic mass is 35.5. The summed E-state index contributed by atoms with van der Waals surface area (Å²) in [5.41, 5.74) is 3.75. The Morgan fingerprint density at radius 2 is 1.88 bits per heavy atom. The summed E-state index contributed by atoms with van der Waals surface area (Å²) >= 11 is 5.82. The van der Waals surface area contributed by atoms with E-state index < -0.39 is 5.24 Å². The first-order valence-corrected chi connectivity index (χ1v) is 8.21. The van der Waals surface area contributed by atoms with Gasteiger partial charge in [-0.15, -0.1) is 0 Å². The van der Waals surface area contributed by atoms with Crippen molar-refractivity contribution in [3.8, 4) is 17.0 Å². The predicted molar refractivity (Wildman–Crippen MR) is 97.9 cm³/mol. The van der Waals surface area contributed by atoms with Crippen LogP contribution in [-0.2, 0) is 0 Å². The summed E-state index contributed by atoms with van der Waals surface area (Å²) in [5.74, 6) is 0.737. The molecule has 0 saturated heterocycles. The average molecular weight is 340 g/mol. The standard InChI is InChI=1S/C20H18ClNO2/c1-12(2)24-18-10-5-4-8-15(18)17-11-16(20(21)23)14-9-6-7-13(3)19(14)22-17/h4-12H,1-3H3. The molecule has 0 radical (unpaired) electrons. The van der Waals surface area contributed by atoms with Crippen LogP contribution in [0, 0.1) is 6.92 Å². The van der Waals surface area contributed by atoms with Crippen LogP contribution in [0.15, 0.2) is 48.5 Å². The Labute approximate surface area is 146 Å². The van der Waals surface area contributed by atoms with E-state index in [1.54, 1.807) is 6.07 Å². The molecule has 3 nitrogen and oxygen atoms in total. The Morgan fingerprint density at radius 3 is 2.58 bits per heavy atom. The largest absolute Gasteiger partial charge is 0.490 e. The third-order valence-corrected chi connectivity index (χ3v) is 3.98. The van der Waals surface area contributed by atoms with Crippen molar-refractivity contribution in [2.45, 2.75) is 26.9 Å². The average Bonchev–Trinajstić information content (AvgIpc) is 2.54. The van der Waals surface area contributed by atoms with Crippen LogP contribution in [0.2, 0.25) is 0 Å². The number of hydrogen-bond donors (Lipinski definition) is 0. The molecule has 0 fully saturated rings. The second kappa shape index (κ2) is 6.62. The molecule has 24 heavy (non-hydrogen) atoms. The number of pyridine rings is 1. The van der Waals surface area contributed by atoms with Gasteiger partial charge in [-0.05, 0) is 56.1 Å². The van der Waals surface area contributed by atoms with Crippen molar-refractivity contribution in [1.29, 1.82) is 0 Å². The fraction of sp³-hybridized carbons (Fsp3) is 0.200. The number of carbonyl (C=O) groups excluding carboxylic acids is 1. The van der Waals surface area contributed by atoms with Crippen LogP contribution in [0.1, 0.15) is 29.8 Å². The topological polar surface area (TPSA) is 39.2 Å². The summed E-state index contributed by atoms with van der Waals surface area (Å²) in [4.78, 5) is 16.7. The lowest BCUT2D eigenvalue weighted by Gasteiger charge is -2.15. The number of hydrogen-bond acceptors (Lipinski definition) is 3. The lowest BCUT2D eigenvalue weighted by atomic mass is 10.0. The van der Waals surface area contributed by atoms with E-state index in [4.69, 9.17) is 21.3 Å². The van der Waals surface area contributed by atoms with Gasteiger partial charge in [0.1, 0.15) is 5.75 Å². The van der Waals surface area contributed by atoms with Crippen molar-refractivity contribution < 1.29 is 9.53 Å². The minimum absolute atomic E-state index is 0.0440. The van der Waals surface area contributed by atoms with Crippen LogP contribution in [0.4, 0.5) is 0 Å². The molecule has 1 aromatic heterocycles. The molecule has 0 unspecified atom stereocenters. The number of nitrogens with zero attached hydrogens (tertiary/aromatic N) is 1. The van der Waals surface area contributed by atoms with Gasteiger partial charge >= 0.3 is 0 Å². The quantitative estimate of drug-likeness (QED) is 0.599. The highest BCUT2D eigenvalue weighted by Gasteiger charge is 2.16. The Morgan fingerprint density at radius 1 is 1.12 bits per heavy atom. The first-order valence-electron chi connectivity index (χ1n) is 7.83. The van der Waals surface area contributed by atoms with Crippen LogP contribution in [0.25, 0.3) is 22.2 Å². The lowest BCUT2D eigenvalue weighted by Crippen LogP contribution is -2.07. The zero-order valence-corrected chi connectivity index (χ0v) is 14.6. The molecular weight excluding hydrogens is 322 g/mol. The molecule has 3 rings (SSSR count). The first-order chi connectivity index (χ1) is 11.5. The zero-order valence-electron chi connectivity index (χ0n) is 13.8. The second-order valence-corrected chi connectivity index (χ2v) is 6.31. The van der Waals surface area contributed by atoms with E-state index in [1.165, 1.54) is 0 Å². The van der Waals surface area contributed by atoms with Crippen molar-refractivity contribution in [3.05, 3.63) is 59.7 Å². The van der Waals surface area contributed by atoms with E-state index in [0.717, 1.165) is 27.8 Å². The Bertz CT molecular complexity index is 919. The normalized spacial score (nSPS) is 11.0. The minimum Gasteiger partial charge on any atom is -0.490 e. The van der Waals surface area contributed by atoms with Crippen LogP contribution >= 0.6 is 11.6 Å². The van der Waals surface area contributed by atoms with Crippen LogP contribution in [-0.4, -0.2) is 16.3 Å². The van der Waals surface area contributed by atoms with E-state index in [-0.39, 0.29) is 6.10 Å². The SMILES string of the molecule is Cc1cccc2c(C(=O)Cl)cc(-c3ccccc3OC(C)C)nc12. The second-order valence-electron chi connectivity index (χ2n) is 5.96. The number of carbonyl (C=O) groups is 1. The van der Waals surface area contributed by atoms with Crippen molar-refractivity contribution in [2.75, 3.05) is 0 Å². The molecule has 0 bridgehead atoms. The molecule has 2 aromatic carbocycles. The number of aryl methyl sites for hydroxylation is 1. The number of fused-ring (bicyclic) bond motifs is 1. The maximum absolute atomic E-state index is 11.9. The maximum Gasteiger partial charge on any atom is 0.253 e. The van der Waals surface area contributed by atoms with Gasteiger partial charge in [0.05, 0.1) is 17.3 Å². The van der Waals surface area contributed by atoms with E-state index in [1.807, 2.05) is 63.2 Å². The molecule has 0 N–H and O–H groups in total. The van der Waals surface area contributed by atoms with Gasteiger partial charge in [0.2, 0.25) is 0 Å². The van der Waals surface area contributed by atoms with Crippen molar-refractivity contribution in [3.63, 3.8) is 0 Å². The van der Waals surface area contributed by atoms with E-state index in [2.05, 4.69) is 0 Å². The number of para-hydroxylation sites is 2. The van der Waals surface area contributed by atoms with Crippen molar-refractivity contribution >= 4 is 27.7 Å². The molecule has 0 spiro atoms. The fourth-order valence-electron chi connectivity index (χ4n) is 2.73. The molecule has 1 heterocycles. The number of halogens is 1. The summed E-state index contributed by atoms with van der Waals surface area (Å²) < 4.78 is 5.88.